The number of unbranched alkanes of at least 4 members (excludes halogenated alkanes) is 1. The third-order valence-corrected chi connectivity index (χ3v) is 4.73. The van der Waals surface area contributed by atoms with Crippen molar-refractivity contribution in [2.75, 3.05) is 18.4 Å². The zero-order valence-electron chi connectivity index (χ0n) is 15.8. The van der Waals surface area contributed by atoms with Crippen molar-refractivity contribution in [3.8, 4) is 11.1 Å². The van der Waals surface area contributed by atoms with Gasteiger partial charge in [0, 0.05) is 12.1 Å². The molecule has 0 saturated heterocycles. The number of benzene rings is 1. The molecule has 4 rings (SSSR count). The zero-order chi connectivity index (χ0) is 19.0. The lowest BCUT2D eigenvalue weighted by Crippen LogP contribution is -2.09. The Morgan fingerprint density at radius 1 is 1.15 bits per heavy atom. The Balaban J connectivity index is 1.85. The van der Waals surface area contributed by atoms with Crippen LogP contribution < -0.4 is 11.1 Å². The highest BCUT2D eigenvalue weighted by Crippen LogP contribution is 2.30. The van der Waals surface area contributed by atoms with E-state index in [1.807, 2.05) is 37.3 Å². The number of anilines is 1. The Morgan fingerprint density at radius 3 is 2.74 bits per heavy atom. The molecule has 0 saturated carbocycles. The van der Waals surface area contributed by atoms with Crippen LogP contribution in [0.1, 0.15) is 30.1 Å². The summed E-state index contributed by atoms with van der Waals surface area (Å²) in [6.45, 7) is 7.30. The van der Waals surface area contributed by atoms with Gasteiger partial charge in [-0.25, -0.2) is 4.98 Å². The van der Waals surface area contributed by atoms with Crippen LogP contribution in [0.4, 0.5) is 5.82 Å². The molecule has 4 aromatic rings. The first-order chi connectivity index (χ1) is 13.1. The monoisotopic (exact) mass is 365 g/mol. The summed E-state index contributed by atoms with van der Waals surface area (Å²) in [7, 11) is 0. The van der Waals surface area contributed by atoms with Crippen LogP contribution in [-0.2, 0) is 0 Å². The molecule has 3 aromatic heterocycles. The Bertz CT molecular complexity index is 1090. The average Bonchev–Trinajstić information content (AvgIpc) is 3.21. The highest BCUT2D eigenvalue weighted by Gasteiger charge is 2.16. The smallest absolute Gasteiger partial charge is 0.204 e. The third kappa shape index (κ3) is 3.02. The molecule has 0 aliphatic heterocycles. The number of fused-ring (bicyclic) bond motifs is 3. The van der Waals surface area contributed by atoms with Gasteiger partial charge in [-0.1, -0.05) is 11.2 Å². The lowest BCUT2D eigenvalue weighted by molar-refractivity contribution is 0.393. The quantitative estimate of drug-likeness (QED) is 0.506. The van der Waals surface area contributed by atoms with Gasteiger partial charge in [0.25, 0.3) is 0 Å². The van der Waals surface area contributed by atoms with Crippen molar-refractivity contribution in [3.05, 3.63) is 35.5 Å². The molecule has 0 unspecified atom stereocenters. The van der Waals surface area contributed by atoms with Crippen molar-refractivity contribution < 1.29 is 4.52 Å². The van der Waals surface area contributed by atoms with Crippen molar-refractivity contribution in [1.82, 2.24) is 24.7 Å². The fourth-order valence-electron chi connectivity index (χ4n) is 3.42. The van der Waals surface area contributed by atoms with Crippen LogP contribution >= 0.6 is 0 Å². The Morgan fingerprint density at radius 2 is 2.00 bits per heavy atom. The number of nitrogens with zero attached hydrogens (tertiary/aromatic N) is 5. The van der Waals surface area contributed by atoms with Gasteiger partial charge in [-0.2, -0.15) is 0 Å². The number of nitrogens with two attached hydrogens (primary N) is 1. The van der Waals surface area contributed by atoms with E-state index >= 15 is 0 Å². The maximum absolute atomic E-state index is 5.57. The summed E-state index contributed by atoms with van der Waals surface area (Å²) < 4.78 is 7.36. The number of aryl methyl sites for hydroxylation is 3. The van der Waals surface area contributed by atoms with Crippen molar-refractivity contribution in [2.24, 2.45) is 5.73 Å². The topological polar surface area (TPSA) is 107 Å². The minimum atomic E-state index is 0.691. The van der Waals surface area contributed by atoms with Gasteiger partial charge < -0.3 is 15.6 Å². The van der Waals surface area contributed by atoms with Crippen molar-refractivity contribution in [1.29, 1.82) is 0 Å². The number of rotatable bonds is 6. The summed E-state index contributed by atoms with van der Waals surface area (Å²) in [6.07, 6.45) is 1.96. The fraction of sp³-hybridized carbons (Fsp3) is 0.368. The molecule has 3 heterocycles. The van der Waals surface area contributed by atoms with E-state index in [9.17, 15) is 0 Å². The molecule has 0 fully saturated rings. The molecule has 140 valence electrons. The standard InChI is InChI=1S/C19H23N7O/c1-11-17(12(2)27-25-11)14-6-7-15-16(10-14)26-13(3)23-24-19(26)18(22-15)21-9-5-4-8-20/h6-7,10H,4-5,8-9,20H2,1-3H3,(H,21,22). The predicted molar refractivity (Wildman–Crippen MR) is 105 cm³/mol. The van der Waals surface area contributed by atoms with Crippen LogP contribution in [0.3, 0.4) is 0 Å². The Labute approximate surface area is 156 Å². The normalized spacial score (nSPS) is 11.6. The van der Waals surface area contributed by atoms with E-state index in [-0.39, 0.29) is 0 Å². The molecule has 3 N–H and O–H groups in total. The van der Waals surface area contributed by atoms with Gasteiger partial charge >= 0.3 is 0 Å². The van der Waals surface area contributed by atoms with Crippen LogP contribution in [0.2, 0.25) is 0 Å². The molecule has 0 amide bonds. The summed E-state index contributed by atoms with van der Waals surface area (Å²) in [4.78, 5) is 4.78. The lowest BCUT2D eigenvalue weighted by atomic mass is 10.0. The van der Waals surface area contributed by atoms with E-state index < -0.39 is 0 Å². The maximum Gasteiger partial charge on any atom is 0.204 e. The summed E-state index contributed by atoms with van der Waals surface area (Å²) >= 11 is 0. The molecule has 27 heavy (non-hydrogen) atoms. The molecule has 0 radical (unpaired) electrons. The second kappa shape index (κ2) is 6.96. The molecular weight excluding hydrogens is 342 g/mol. The fourth-order valence-corrected chi connectivity index (χ4v) is 3.42. The highest BCUT2D eigenvalue weighted by molar-refractivity contribution is 5.87. The van der Waals surface area contributed by atoms with E-state index in [0.29, 0.717) is 6.54 Å². The van der Waals surface area contributed by atoms with Gasteiger partial charge in [0.15, 0.2) is 5.82 Å². The van der Waals surface area contributed by atoms with E-state index in [0.717, 1.165) is 70.3 Å². The van der Waals surface area contributed by atoms with Crippen molar-refractivity contribution >= 4 is 22.5 Å². The molecular formula is C19H23N7O. The van der Waals surface area contributed by atoms with Gasteiger partial charge in [-0.05, 0) is 57.9 Å². The van der Waals surface area contributed by atoms with Crippen LogP contribution in [0.25, 0.3) is 27.8 Å². The number of hydrogen-bond acceptors (Lipinski definition) is 7. The predicted octanol–water partition coefficient (Wildman–Crippen LogP) is 3.01. The summed E-state index contributed by atoms with van der Waals surface area (Å²) in [6, 6.07) is 6.16. The number of hydrogen-bond donors (Lipinski definition) is 2. The lowest BCUT2D eigenvalue weighted by Gasteiger charge is -2.11. The second-order valence-electron chi connectivity index (χ2n) is 6.69. The first-order valence-corrected chi connectivity index (χ1v) is 9.13. The summed E-state index contributed by atoms with van der Waals surface area (Å²) in [5, 5.41) is 16.0. The van der Waals surface area contributed by atoms with Gasteiger partial charge in [-0.3, -0.25) is 4.40 Å². The molecule has 1 aromatic carbocycles. The molecule has 0 aliphatic rings. The van der Waals surface area contributed by atoms with Crippen molar-refractivity contribution in [2.45, 2.75) is 33.6 Å². The maximum atomic E-state index is 5.57. The van der Waals surface area contributed by atoms with Crippen LogP contribution in [0.15, 0.2) is 22.7 Å². The van der Waals surface area contributed by atoms with Crippen LogP contribution in [0, 0.1) is 20.8 Å². The van der Waals surface area contributed by atoms with Gasteiger partial charge in [0.2, 0.25) is 5.65 Å². The summed E-state index contributed by atoms with van der Waals surface area (Å²) in [5.74, 6) is 2.36. The van der Waals surface area contributed by atoms with Crippen molar-refractivity contribution in [3.63, 3.8) is 0 Å². The minimum absolute atomic E-state index is 0.691. The van der Waals surface area contributed by atoms with Crippen LogP contribution in [-0.4, -0.2) is 37.8 Å². The van der Waals surface area contributed by atoms with Crippen LogP contribution in [0.5, 0.6) is 0 Å². The Hall–Kier alpha value is -3.00. The van der Waals surface area contributed by atoms with E-state index in [2.05, 4.69) is 26.7 Å². The Kier molecular flexibility index (Phi) is 4.49. The number of nitrogens with one attached hydrogen (secondary N) is 1. The third-order valence-electron chi connectivity index (χ3n) is 4.73. The van der Waals surface area contributed by atoms with E-state index in [1.165, 1.54) is 0 Å². The zero-order valence-corrected chi connectivity index (χ0v) is 15.8. The molecule has 8 nitrogen and oxygen atoms in total. The van der Waals surface area contributed by atoms with E-state index in [4.69, 9.17) is 15.2 Å². The first kappa shape index (κ1) is 17.4. The van der Waals surface area contributed by atoms with Gasteiger partial charge in [-0.15, -0.1) is 10.2 Å². The SMILES string of the molecule is Cc1noc(C)c1-c1ccc2nc(NCCCCN)c3nnc(C)n3c2c1. The number of aromatic nitrogens is 5. The molecule has 0 bridgehead atoms. The van der Waals surface area contributed by atoms with Gasteiger partial charge in [0.1, 0.15) is 11.6 Å². The molecule has 8 heteroatoms. The summed E-state index contributed by atoms with van der Waals surface area (Å²) in [5.41, 5.74) is 11.1. The highest BCUT2D eigenvalue weighted by atomic mass is 16.5. The first-order valence-electron chi connectivity index (χ1n) is 9.13. The molecule has 0 aliphatic carbocycles. The van der Waals surface area contributed by atoms with Gasteiger partial charge in [0.05, 0.1) is 16.7 Å². The largest absolute Gasteiger partial charge is 0.367 e. The average molecular weight is 365 g/mol. The second-order valence-corrected chi connectivity index (χ2v) is 6.69. The molecule has 0 atom stereocenters. The minimum Gasteiger partial charge on any atom is -0.367 e. The molecule has 0 spiro atoms. The van der Waals surface area contributed by atoms with E-state index in [1.54, 1.807) is 0 Å².